The standard InChI is InChI=1S/C22H34N4O7/c1-13(2)10-17(20(23)29)24-19(28)12-18(27)16(25-21(30)33-22(3,4)5)11-14-6-8-15(9-7-14)26(31)32/h6-9,13,16-18,27H,10-12H2,1-5H3,(H2,23,29)(H,24,28)(H,25,30)/t16-,17-,18-/m0/s1. The molecule has 0 saturated heterocycles. The van der Waals surface area contributed by atoms with Gasteiger partial charge >= 0.3 is 6.09 Å². The molecule has 1 aromatic carbocycles. The van der Waals surface area contributed by atoms with Crippen molar-refractivity contribution in [3.63, 3.8) is 0 Å². The van der Waals surface area contributed by atoms with Crippen molar-refractivity contribution >= 4 is 23.6 Å². The van der Waals surface area contributed by atoms with Crippen LogP contribution in [-0.2, 0) is 20.7 Å². The second-order valence-electron chi connectivity index (χ2n) is 9.30. The molecule has 3 amide bonds. The number of ether oxygens (including phenoxy) is 1. The quantitative estimate of drug-likeness (QED) is 0.284. The Hall–Kier alpha value is -3.21. The van der Waals surface area contributed by atoms with E-state index in [0.717, 1.165) is 0 Å². The number of aliphatic hydroxyl groups is 1. The van der Waals surface area contributed by atoms with Crippen molar-refractivity contribution in [1.82, 2.24) is 10.6 Å². The van der Waals surface area contributed by atoms with E-state index in [-0.39, 0.29) is 18.0 Å². The number of non-ortho nitro benzene ring substituents is 1. The molecule has 0 heterocycles. The molecule has 0 fully saturated rings. The summed E-state index contributed by atoms with van der Waals surface area (Å²) < 4.78 is 5.24. The van der Waals surface area contributed by atoms with Gasteiger partial charge in [0.1, 0.15) is 11.6 Å². The smallest absolute Gasteiger partial charge is 0.407 e. The summed E-state index contributed by atoms with van der Waals surface area (Å²) in [5.74, 6) is -1.18. The van der Waals surface area contributed by atoms with Gasteiger partial charge in [-0.3, -0.25) is 19.7 Å². The fraction of sp³-hybridized carbons (Fsp3) is 0.591. The van der Waals surface area contributed by atoms with E-state index in [0.29, 0.717) is 12.0 Å². The highest BCUT2D eigenvalue weighted by atomic mass is 16.6. The van der Waals surface area contributed by atoms with Gasteiger partial charge < -0.3 is 26.2 Å². The number of carbonyl (C=O) groups is 3. The molecule has 5 N–H and O–H groups in total. The predicted molar refractivity (Wildman–Crippen MR) is 121 cm³/mol. The molecule has 33 heavy (non-hydrogen) atoms. The number of nitrogens with two attached hydrogens (primary N) is 1. The molecule has 0 aliphatic carbocycles. The van der Waals surface area contributed by atoms with E-state index < -0.39 is 53.0 Å². The van der Waals surface area contributed by atoms with Crippen LogP contribution >= 0.6 is 0 Å². The average Bonchev–Trinajstić information content (AvgIpc) is 2.65. The van der Waals surface area contributed by atoms with E-state index in [4.69, 9.17) is 10.5 Å². The maximum absolute atomic E-state index is 12.4. The van der Waals surface area contributed by atoms with E-state index in [2.05, 4.69) is 10.6 Å². The molecule has 11 heteroatoms. The van der Waals surface area contributed by atoms with Gasteiger partial charge in [-0.25, -0.2) is 4.79 Å². The van der Waals surface area contributed by atoms with Crippen LogP contribution in [0.1, 0.15) is 53.0 Å². The third-order valence-corrected chi connectivity index (χ3v) is 4.55. The van der Waals surface area contributed by atoms with Gasteiger partial charge in [-0.05, 0) is 45.1 Å². The molecule has 0 spiro atoms. The summed E-state index contributed by atoms with van der Waals surface area (Å²) in [5, 5.41) is 26.6. The molecule has 0 saturated carbocycles. The van der Waals surface area contributed by atoms with E-state index in [1.165, 1.54) is 24.3 Å². The van der Waals surface area contributed by atoms with Crippen LogP contribution in [0.15, 0.2) is 24.3 Å². The fourth-order valence-corrected chi connectivity index (χ4v) is 3.05. The normalized spacial score (nSPS) is 14.2. The summed E-state index contributed by atoms with van der Waals surface area (Å²) in [6, 6.07) is 3.80. The zero-order chi connectivity index (χ0) is 25.3. The van der Waals surface area contributed by atoms with E-state index in [1.807, 2.05) is 13.8 Å². The summed E-state index contributed by atoms with van der Waals surface area (Å²) >= 11 is 0. The molecule has 184 valence electrons. The maximum atomic E-state index is 12.4. The van der Waals surface area contributed by atoms with Crippen molar-refractivity contribution in [2.24, 2.45) is 11.7 Å². The zero-order valence-electron chi connectivity index (χ0n) is 19.7. The number of hydrogen-bond acceptors (Lipinski definition) is 7. The number of aliphatic hydroxyl groups excluding tert-OH is 1. The van der Waals surface area contributed by atoms with Crippen molar-refractivity contribution in [1.29, 1.82) is 0 Å². The minimum atomic E-state index is -1.33. The number of carbonyl (C=O) groups excluding carboxylic acids is 3. The Kier molecular flexibility index (Phi) is 10.2. The van der Waals surface area contributed by atoms with Crippen molar-refractivity contribution in [2.45, 2.75) is 77.7 Å². The molecule has 11 nitrogen and oxygen atoms in total. The van der Waals surface area contributed by atoms with Crippen LogP contribution in [0.5, 0.6) is 0 Å². The third kappa shape index (κ3) is 10.8. The van der Waals surface area contributed by atoms with Gasteiger partial charge in [-0.1, -0.05) is 26.0 Å². The molecule has 0 unspecified atom stereocenters. The first-order chi connectivity index (χ1) is 15.2. The number of nitrogens with one attached hydrogen (secondary N) is 2. The zero-order valence-corrected chi connectivity index (χ0v) is 19.7. The van der Waals surface area contributed by atoms with Crippen LogP contribution in [0.4, 0.5) is 10.5 Å². The Balaban J connectivity index is 2.95. The topological polar surface area (TPSA) is 174 Å². The van der Waals surface area contributed by atoms with Crippen LogP contribution in [0.25, 0.3) is 0 Å². The molecule has 0 aromatic heterocycles. The van der Waals surface area contributed by atoms with Gasteiger partial charge in [0.15, 0.2) is 0 Å². The number of hydrogen-bond donors (Lipinski definition) is 4. The molecule has 0 radical (unpaired) electrons. The predicted octanol–water partition coefficient (Wildman–Crippen LogP) is 1.80. The minimum absolute atomic E-state index is 0.0803. The average molecular weight is 467 g/mol. The molecule has 0 bridgehead atoms. The maximum Gasteiger partial charge on any atom is 0.407 e. The Bertz CT molecular complexity index is 834. The molecule has 0 aliphatic heterocycles. The van der Waals surface area contributed by atoms with E-state index in [1.54, 1.807) is 20.8 Å². The molecular formula is C22H34N4O7. The lowest BCUT2D eigenvalue weighted by Gasteiger charge is -2.27. The minimum Gasteiger partial charge on any atom is -0.444 e. The number of benzene rings is 1. The van der Waals surface area contributed by atoms with Gasteiger partial charge in [0.25, 0.3) is 5.69 Å². The monoisotopic (exact) mass is 466 g/mol. The van der Waals surface area contributed by atoms with Crippen LogP contribution < -0.4 is 16.4 Å². The lowest BCUT2D eigenvalue weighted by Crippen LogP contribution is -2.50. The van der Waals surface area contributed by atoms with Crippen LogP contribution in [-0.4, -0.2) is 51.7 Å². The van der Waals surface area contributed by atoms with Crippen molar-refractivity contribution in [3.8, 4) is 0 Å². The van der Waals surface area contributed by atoms with E-state index >= 15 is 0 Å². The van der Waals surface area contributed by atoms with Gasteiger partial charge in [0.05, 0.1) is 23.5 Å². The van der Waals surface area contributed by atoms with Crippen molar-refractivity contribution < 1.29 is 29.2 Å². The van der Waals surface area contributed by atoms with Gasteiger partial charge in [-0.15, -0.1) is 0 Å². The number of nitro benzene ring substituents is 1. The summed E-state index contributed by atoms with van der Waals surface area (Å²) in [7, 11) is 0. The highest BCUT2D eigenvalue weighted by Crippen LogP contribution is 2.16. The number of nitrogens with zero attached hydrogens (tertiary/aromatic N) is 1. The van der Waals surface area contributed by atoms with E-state index in [9.17, 15) is 29.6 Å². The van der Waals surface area contributed by atoms with Crippen LogP contribution in [0.2, 0.25) is 0 Å². The van der Waals surface area contributed by atoms with Gasteiger partial charge in [0, 0.05) is 12.1 Å². The Morgan fingerprint density at radius 3 is 2.18 bits per heavy atom. The lowest BCUT2D eigenvalue weighted by atomic mass is 9.98. The van der Waals surface area contributed by atoms with Crippen molar-refractivity contribution in [2.75, 3.05) is 0 Å². The highest BCUT2D eigenvalue weighted by molar-refractivity contribution is 5.86. The number of rotatable bonds is 11. The molecule has 1 rings (SSSR count). The summed E-state index contributed by atoms with van der Waals surface area (Å²) in [4.78, 5) is 46.7. The second kappa shape index (κ2) is 12.1. The summed E-state index contributed by atoms with van der Waals surface area (Å²) in [5.41, 5.74) is 5.06. The molecular weight excluding hydrogens is 432 g/mol. The van der Waals surface area contributed by atoms with Crippen molar-refractivity contribution in [3.05, 3.63) is 39.9 Å². The van der Waals surface area contributed by atoms with Crippen LogP contribution in [0, 0.1) is 16.0 Å². The first-order valence-electron chi connectivity index (χ1n) is 10.7. The number of alkyl carbamates (subject to hydrolysis) is 1. The number of nitro groups is 1. The first kappa shape index (κ1) is 27.8. The van der Waals surface area contributed by atoms with Crippen LogP contribution in [0.3, 0.4) is 0 Å². The second-order valence-corrected chi connectivity index (χ2v) is 9.30. The first-order valence-corrected chi connectivity index (χ1v) is 10.7. The molecule has 1 aromatic rings. The SMILES string of the molecule is CC(C)C[C@H](NC(=O)C[C@H](O)[C@H](Cc1ccc([N+](=O)[O-])cc1)NC(=O)OC(C)(C)C)C(N)=O. The third-order valence-electron chi connectivity index (χ3n) is 4.55. The summed E-state index contributed by atoms with van der Waals surface area (Å²) in [6.45, 7) is 8.80. The van der Waals surface area contributed by atoms with Gasteiger partial charge in [0.2, 0.25) is 11.8 Å². The Morgan fingerprint density at radius 1 is 1.15 bits per heavy atom. The van der Waals surface area contributed by atoms with Gasteiger partial charge in [-0.2, -0.15) is 0 Å². The molecule has 3 atom stereocenters. The summed E-state index contributed by atoms with van der Waals surface area (Å²) in [6.07, 6.45) is -2.10. The largest absolute Gasteiger partial charge is 0.444 e. The highest BCUT2D eigenvalue weighted by Gasteiger charge is 2.28. The lowest BCUT2D eigenvalue weighted by molar-refractivity contribution is -0.384. The Labute approximate surface area is 193 Å². The number of primary amides is 1. The number of amides is 3. The molecule has 0 aliphatic rings. The fourth-order valence-electron chi connectivity index (χ4n) is 3.05. The Morgan fingerprint density at radius 2 is 1.73 bits per heavy atom.